The van der Waals surface area contributed by atoms with Gasteiger partial charge in [0.1, 0.15) is 5.82 Å². The van der Waals surface area contributed by atoms with Crippen molar-refractivity contribution in [3.05, 3.63) is 68.6 Å². The van der Waals surface area contributed by atoms with E-state index in [0.717, 1.165) is 20.3 Å². The predicted molar refractivity (Wildman–Crippen MR) is 82.0 cm³/mol. The molecule has 2 aromatic carbocycles. The molecular weight excluding hydrogens is 325 g/mol. The molecule has 2 N–H and O–H groups in total. The molecule has 19 heavy (non-hydrogen) atoms. The van der Waals surface area contributed by atoms with Crippen molar-refractivity contribution in [2.75, 3.05) is 0 Å². The van der Waals surface area contributed by atoms with Gasteiger partial charge in [-0.1, -0.05) is 30.3 Å². The number of hydrogen-bond acceptors (Lipinski definition) is 2. The Labute approximate surface area is 123 Å². The van der Waals surface area contributed by atoms with Gasteiger partial charge in [-0.25, -0.2) is 4.39 Å². The second-order valence-electron chi connectivity index (χ2n) is 4.34. The van der Waals surface area contributed by atoms with Crippen LogP contribution in [0, 0.1) is 5.82 Å². The Morgan fingerprint density at radius 3 is 2.53 bits per heavy atom. The lowest BCUT2D eigenvalue weighted by Crippen LogP contribution is -2.11. The molecule has 0 bridgehead atoms. The second kappa shape index (κ2) is 5.04. The molecule has 1 unspecified atom stereocenters. The Morgan fingerprint density at radius 1 is 1.11 bits per heavy atom. The number of benzene rings is 2. The normalized spacial score (nSPS) is 12.8. The first-order valence-corrected chi connectivity index (χ1v) is 7.51. The molecule has 1 nitrogen and oxygen atoms in total. The van der Waals surface area contributed by atoms with Gasteiger partial charge in [0.15, 0.2) is 0 Å². The SMILES string of the molecule is NC(c1csc(Br)c1)c1ccc(F)c2ccccc12. The number of nitrogens with two attached hydrogens (primary N) is 1. The Morgan fingerprint density at radius 2 is 1.84 bits per heavy atom. The van der Waals surface area contributed by atoms with Gasteiger partial charge < -0.3 is 5.73 Å². The monoisotopic (exact) mass is 335 g/mol. The highest BCUT2D eigenvalue weighted by Crippen LogP contribution is 2.32. The van der Waals surface area contributed by atoms with Crippen LogP contribution in [0.1, 0.15) is 17.2 Å². The van der Waals surface area contributed by atoms with Gasteiger partial charge in [-0.05, 0) is 50.0 Å². The fourth-order valence-corrected chi connectivity index (χ4v) is 3.44. The summed E-state index contributed by atoms with van der Waals surface area (Å²) in [6, 6.07) is 12.5. The van der Waals surface area contributed by atoms with Crippen LogP contribution in [-0.2, 0) is 0 Å². The van der Waals surface area contributed by atoms with Gasteiger partial charge in [-0.2, -0.15) is 0 Å². The van der Waals surface area contributed by atoms with Crippen molar-refractivity contribution in [3.8, 4) is 0 Å². The quantitative estimate of drug-likeness (QED) is 0.711. The van der Waals surface area contributed by atoms with Gasteiger partial charge in [0.2, 0.25) is 0 Å². The first-order valence-electron chi connectivity index (χ1n) is 5.83. The molecule has 0 aliphatic carbocycles. The van der Waals surface area contributed by atoms with Gasteiger partial charge in [-0.15, -0.1) is 11.3 Å². The van der Waals surface area contributed by atoms with E-state index in [9.17, 15) is 4.39 Å². The van der Waals surface area contributed by atoms with E-state index < -0.39 is 0 Å². The predicted octanol–water partition coefficient (Wildman–Crippen LogP) is 4.85. The van der Waals surface area contributed by atoms with Gasteiger partial charge in [-0.3, -0.25) is 0 Å². The molecule has 0 spiro atoms. The van der Waals surface area contributed by atoms with Crippen molar-refractivity contribution in [3.63, 3.8) is 0 Å². The molecule has 0 saturated heterocycles. The molecule has 0 aliphatic rings. The van der Waals surface area contributed by atoms with E-state index in [1.807, 2.05) is 29.6 Å². The van der Waals surface area contributed by atoms with E-state index in [2.05, 4.69) is 15.9 Å². The van der Waals surface area contributed by atoms with E-state index in [1.165, 1.54) is 6.07 Å². The maximum absolute atomic E-state index is 13.8. The molecular formula is C15H11BrFNS. The zero-order valence-electron chi connectivity index (χ0n) is 9.94. The summed E-state index contributed by atoms with van der Waals surface area (Å²) in [6.07, 6.45) is 0. The summed E-state index contributed by atoms with van der Waals surface area (Å²) in [4.78, 5) is 0. The lowest BCUT2D eigenvalue weighted by molar-refractivity contribution is 0.639. The zero-order valence-corrected chi connectivity index (χ0v) is 12.3. The summed E-state index contributed by atoms with van der Waals surface area (Å²) >= 11 is 5.04. The molecule has 0 fully saturated rings. The fraction of sp³-hybridized carbons (Fsp3) is 0.0667. The van der Waals surface area contributed by atoms with Gasteiger partial charge in [0.05, 0.1) is 9.83 Å². The third-order valence-electron chi connectivity index (χ3n) is 3.19. The van der Waals surface area contributed by atoms with E-state index in [0.29, 0.717) is 5.39 Å². The number of hydrogen-bond donors (Lipinski definition) is 1. The average molecular weight is 336 g/mol. The lowest BCUT2D eigenvalue weighted by Gasteiger charge is -2.14. The number of fused-ring (bicyclic) bond motifs is 1. The summed E-state index contributed by atoms with van der Waals surface area (Å²) < 4.78 is 14.8. The van der Waals surface area contributed by atoms with Crippen LogP contribution in [-0.4, -0.2) is 0 Å². The van der Waals surface area contributed by atoms with Crippen molar-refractivity contribution >= 4 is 38.0 Å². The van der Waals surface area contributed by atoms with Crippen LogP contribution in [0.15, 0.2) is 51.6 Å². The van der Waals surface area contributed by atoms with Crippen molar-refractivity contribution in [1.29, 1.82) is 0 Å². The van der Waals surface area contributed by atoms with Crippen molar-refractivity contribution in [2.24, 2.45) is 5.73 Å². The first-order chi connectivity index (χ1) is 9.16. The molecule has 3 rings (SSSR count). The lowest BCUT2D eigenvalue weighted by atomic mass is 9.96. The third kappa shape index (κ3) is 2.31. The molecule has 0 saturated carbocycles. The molecule has 1 aromatic heterocycles. The molecule has 1 atom stereocenters. The maximum Gasteiger partial charge on any atom is 0.131 e. The molecule has 0 amide bonds. The highest BCUT2D eigenvalue weighted by molar-refractivity contribution is 9.11. The molecule has 3 aromatic rings. The van der Waals surface area contributed by atoms with Crippen LogP contribution in [0.2, 0.25) is 0 Å². The van der Waals surface area contributed by atoms with Gasteiger partial charge in [0, 0.05) is 5.39 Å². The van der Waals surface area contributed by atoms with Crippen LogP contribution in [0.4, 0.5) is 4.39 Å². The Bertz CT molecular complexity index is 738. The van der Waals surface area contributed by atoms with E-state index in [-0.39, 0.29) is 11.9 Å². The average Bonchev–Trinajstić information content (AvgIpc) is 2.86. The van der Waals surface area contributed by atoms with Crippen LogP contribution >= 0.6 is 27.3 Å². The second-order valence-corrected chi connectivity index (χ2v) is 6.63. The minimum atomic E-state index is -0.243. The fourth-order valence-electron chi connectivity index (χ4n) is 2.22. The summed E-state index contributed by atoms with van der Waals surface area (Å²) in [7, 11) is 0. The largest absolute Gasteiger partial charge is 0.320 e. The number of halogens is 2. The van der Waals surface area contributed by atoms with E-state index in [4.69, 9.17) is 5.73 Å². The minimum Gasteiger partial charge on any atom is -0.320 e. The first kappa shape index (κ1) is 12.8. The molecule has 0 aliphatic heterocycles. The summed E-state index contributed by atoms with van der Waals surface area (Å²) in [6.45, 7) is 0. The molecule has 1 heterocycles. The third-order valence-corrected chi connectivity index (χ3v) is 4.71. The van der Waals surface area contributed by atoms with E-state index in [1.54, 1.807) is 23.5 Å². The molecule has 4 heteroatoms. The summed E-state index contributed by atoms with van der Waals surface area (Å²) in [5, 5.41) is 3.51. The van der Waals surface area contributed by atoms with Crippen LogP contribution < -0.4 is 5.73 Å². The summed E-state index contributed by atoms with van der Waals surface area (Å²) in [5.41, 5.74) is 8.29. The standard InChI is InChI=1S/C15H11BrFNS/c16-14-7-9(8-19-14)15(18)12-5-6-13(17)11-4-2-1-3-10(11)12/h1-8,15H,18H2. The van der Waals surface area contributed by atoms with Crippen molar-refractivity contribution < 1.29 is 4.39 Å². The van der Waals surface area contributed by atoms with Crippen LogP contribution in [0.5, 0.6) is 0 Å². The topological polar surface area (TPSA) is 26.0 Å². The van der Waals surface area contributed by atoms with Crippen molar-refractivity contribution in [2.45, 2.75) is 6.04 Å². The minimum absolute atomic E-state index is 0.210. The maximum atomic E-state index is 13.8. The van der Waals surface area contributed by atoms with E-state index >= 15 is 0 Å². The number of thiophene rings is 1. The molecule has 96 valence electrons. The number of rotatable bonds is 2. The Balaban J connectivity index is 2.18. The van der Waals surface area contributed by atoms with Gasteiger partial charge >= 0.3 is 0 Å². The zero-order chi connectivity index (χ0) is 13.4. The van der Waals surface area contributed by atoms with Crippen LogP contribution in [0.3, 0.4) is 0 Å². The Kier molecular flexibility index (Phi) is 3.39. The van der Waals surface area contributed by atoms with Crippen LogP contribution in [0.25, 0.3) is 10.8 Å². The van der Waals surface area contributed by atoms with Crippen molar-refractivity contribution in [1.82, 2.24) is 0 Å². The van der Waals surface area contributed by atoms with Gasteiger partial charge in [0.25, 0.3) is 0 Å². The summed E-state index contributed by atoms with van der Waals surface area (Å²) in [5.74, 6) is -0.210. The Hall–Kier alpha value is -1.23. The molecule has 0 radical (unpaired) electrons. The highest BCUT2D eigenvalue weighted by Gasteiger charge is 2.15. The highest BCUT2D eigenvalue weighted by atomic mass is 79.9. The smallest absolute Gasteiger partial charge is 0.131 e.